The van der Waals surface area contributed by atoms with Gasteiger partial charge in [-0.15, -0.1) is 0 Å². The van der Waals surface area contributed by atoms with Crippen molar-refractivity contribution in [3.63, 3.8) is 0 Å². The highest BCUT2D eigenvalue weighted by Gasteiger charge is 2.15. The van der Waals surface area contributed by atoms with Gasteiger partial charge in [0.05, 0.1) is 0 Å². The Bertz CT molecular complexity index is 108. The molecule has 0 radical (unpaired) electrons. The zero-order valence-electron chi connectivity index (χ0n) is 3.51. The van der Waals surface area contributed by atoms with E-state index < -0.39 is 3.92 Å². The second-order valence-electron chi connectivity index (χ2n) is 0.789. The van der Waals surface area contributed by atoms with Crippen LogP contribution in [0, 0.1) is 0 Å². The molecule has 0 aliphatic heterocycles. The van der Waals surface area contributed by atoms with Crippen LogP contribution in [0.5, 0.6) is 0 Å². The van der Waals surface area contributed by atoms with E-state index in [4.69, 9.17) is 34.8 Å². The summed E-state index contributed by atoms with van der Waals surface area (Å²) in [6, 6.07) is 0. The summed E-state index contributed by atoms with van der Waals surface area (Å²) in [6.07, 6.45) is 0. The average molecular weight is 194 g/mol. The van der Waals surface area contributed by atoms with Gasteiger partial charge >= 0.3 is 0 Å². The number of rotatable bonds is 1. The molecule has 0 heterocycles. The molecule has 48 valence electrons. The van der Waals surface area contributed by atoms with Gasteiger partial charge in [-0.2, -0.15) is 0 Å². The molecule has 2 nitrogen and oxygen atoms in total. The van der Waals surface area contributed by atoms with Gasteiger partial charge in [0, 0.05) is 0 Å². The highest BCUT2D eigenvalue weighted by molar-refractivity contribution is 7.83. The predicted octanol–water partition coefficient (Wildman–Crippen LogP) is 1.50. The van der Waals surface area contributed by atoms with E-state index >= 15 is 0 Å². The van der Waals surface area contributed by atoms with Gasteiger partial charge < -0.3 is 0 Å². The van der Waals surface area contributed by atoms with Crippen molar-refractivity contribution in [2.75, 3.05) is 0 Å². The largest absolute Gasteiger partial charge is 0.291 e. The van der Waals surface area contributed by atoms with E-state index in [1.807, 2.05) is 0 Å². The third kappa shape index (κ3) is 6.69. The molecule has 0 rings (SSSR count). The zero-order chi connectivity index (χ0) is 6.62. The van der Waals surface area contributed by atoms with Crippen LogP contribution in [0.3, 0.4) is 0 Å². The third-order valence-corrected chi connectivity index (χ3v) is 1.34. The van der Waals surface area contributed by atoms with E-state index in [0.717, 1.165) is 0 Å². The van der Waals surface area contributed by atoms with Crippen LogP contribution < -0.4 is 0 Å². The molecule has 6 heteroatoms. The topological polar surface area (TPSA) is 29.4 Å². The number of hydrogen-bond acceptors (Lipinski definition) is 2. The Balaban J connectivity index is 3.69. The molecule has 0 aliphatic carbocycles. The van der Waals surface area contributed by atoms with Crippen molar-refractivity contribution in [2.24, 2.45) is 4.36 Å². The summed E-state index contributed by atoms with van der Waals surface area (Å²) >= 11 is 15.5. The van der Waals surface area contributed by atoms with E-state index in [9.17, 15) is 4.79 Å². The molecule has 0 amide bonds. The number of halogens is 3. The van der Waals surface area contributed by atoms with Crippen LogP contribution in [0.1, 0.15) is 0 Å². The molecule has 0 fully saturated rings. The van der Waals surface area contributed by atoms with Gasteiger partial charge in [0.2, 0.25) is 0 Å². The maximum atomic E-state index is 9.57. The first-order chi connectivity index (χ1) is 3.56. The molecular weight excluding hydrogens is 192 g/mol. The normalized spacial score (nSPS) is 13.4. The van der Waals surface area contributed by atoms with E-state index in [1.165, 1.54) is 0 Å². The van der Waals surface area contributed by atoms with E-state index in [1.54, 1.807) is 0 Å². The van der Waals surface area contributed by atoms with Gasteiger partial charge in [-0.25, -0.2) is 4.36 Å². The van der Waals surface area contributed by atoms with Crippen LogP contribution in [0.4, 0.5) is 0 Å². The van der Waals surface area contributed by atoms with Crippen molar-refractivity contribution in [2.45, 2.75) is 3.92 Å². The van der Waals surface area contributed by atoms with Crippen LogP contribution >= 0.6 is 34.8 Å². The third-order valence-electron chi connectivity index (χ3n) is 0.218. The van der Waals surface area contributed by atoms with Gasteiger partial charge in [0.15, 0.2) is 5.62 Å². The van der Waals surface area contributed by atoms with Crippen LogP contribution in [0.25, 0.3) is 0 Å². The highest BCUT2D eigenvalue weighted by atomic mass is 35.6. The Morgan fingerprint density at radius 3 is 2.12 bits per heavy atom. The minimum atomic E-state index is -1.65. The molecule has 8 heavy (non-hydrogen) atoms. The highest BCUT2D eigenvalue weighted by Crippen LogP contribution is 2.26. The summed E-state index contributed by atoms with van der Waals surface area (Å²) in [4.78, 5) is 9.57. The van der Waals surface area contributed by atoms with Crippen LogP contribution in [0.15, 0.2) is 4.36 Å². The lowest BCUT2D eigenvalue weighted by molar-refractivity contribution is 0.570. The van der Waals surface area contributed by atoms with Gasteiger partial charge in [-0.1, -0.05) is 34.8 Å². The lowest BCUT2D eigenvalue weighted by atomic mass is 11.5. The minimum Gasteiger partial charge on any atom is -0.290 e. The summed E-state index contributed by atoms with van der Waals surface area (Å²) in [5.74, 6) is 0. The van der Waals surface area contributed by atoms with Crippen LogP contribution in [0.2, 0.25) is 0 Å². The van der Waals surface area contributed by atoms with E-state index in [2.05, 4.69) is 4.36 Å². The van der Waals surface area contributed by atoms with Crippen molar-refractivity contribution < 1.29 is 4.79 Å². The quantitative estimate of drug-likeness (QED) is 0.292. The van der Waals surface area contributed by atoms with Crippen LogP contribution in [-0.2, 0) is 16.4 Å². The minimum absolute atomic E-state index is 0.139. The molecule has 0 bridgehead atoms. The van der Waals surface area contributed by atoms with Crippen molar-refractivity contribution in [3.05, 3.63) is 0 Å². The molecule has 0 saturated carbocycles. The lowest BCUT2D eigenvalue weighted by Crippen LogP contribution is -1.93. The number of nitrogens with zero attached hydrogens (tertiary/aromatic N) is 1. The van der Waals surface area contributed by atoms with Crippen molar-refractivity contribution >= 4 is 52.0 Å². The van der Waals surface area contributed by atoms with Gasteiger partial charge in [0.1, 0.15) is 0 Å². The second-order valence-corrected chi connectivity index (χ2v) is 3.65. The number of carbonyl (C=O) groups excluding carboxylic acids is 1. The summed E-state index contributed by atoms with van der Waals surface area (Å²) in [7, 11) is 0. The Kier molecular flexibility index (Phi) is 3.98. The molecule has 0 aromatic rings. The summed E-state index contributed by atoms with van der Waals surface area (Å²) in [5, 5.41) is 0. The molecule has 0 aliphatic rings. The Morgan fingerprint density at radius 2 is 2.00 bits per heavy atom. The molecule has 0 N–H and O–H groups in total. The molecule has 0 unspecified atom stereocenters. The first-order valence-corrected chi connectivity index (χ1v) is 3.53. The fourth-order valence-corrected chi connectivity index (χ4v) is 0.660. The standard InChI is InChI=1S/C2H2Cl3NOS/c3-2(4,5)6-8-1-7/h1,8H. The second kappa shape index (κ2) is 3.67. The number of hydrogen-bond donors (Lipinski definition) is 1. The zero-order valence-corrected chi connectivity index (χ0v) is 6.68. The predicted molar refractivity (Wildman–Crippen MR) is 38.2 cm³/mol. The van der Waals surface area contributed by atoms with Crippen molar-refractivity contribution in [1.29, 1.82) is 0 Å². The number of alkyl halides is 3. The fourth-order valence-electron chi connectivity index (χ4n) is 0.0890. The molecular formula is C2H2Cl3NOS. The lowest BCUT2D eigenvalue weighted by Gasteiger charge is -1.98. The summed E-state index contributed by atoms with van der Waals surface area (Å²) < 4.78 is 1.63. The maximum absolute atomic E-state index is 9.57. The van der Waals surface area contributed by atoms with E-state index in [-0.39, 0.29) is 11.6 Å². The molecule has 0 aromatic heterocycles. The van der Waals surface area contributed by atoms with Crippen molar-refractivity contribution in [3.8, 4) is 0 Å². The van der Waals surface area contributed by atoms with Crippen molar-refractivity contribution in [1.82, 2.24) is 0 Å². The van der Waals surface area contributed by atoms with Gasteiger partial charge in [-0.3, -0.25) is 4.79 Å². The smallest absolute Gasteiger partial charge is 0.290 e. The fraction of sp³-hybridized carbons (Fsp3) is 0.500. The SMILES string of the molecule is O=C[SH]=NC(Cl)(Cl)Cl. The average Bonchev–Trinajstić information content (AvgIpc) is 1.59. The Labute approximate surface area is 65.2 Å². The Morgan fingerprint density at radius 1 is 1.50 bits per heavy atom. The van der Waals surface area contributed by atoms with Gasteiger partial charge in [0.25, 0.3) is 3.92 Å². The summed E-state index contributed by atoms with van der Waals surface area (Å²) in [5.41, 5.74) is 0.530. The maximum Gasteiger partial charge on any atom is 0.291 e. The Hall–Kier alpha value is 0.690. The summed E-state index contributed by atoms with van der Waals surface area (Å²) in [6.45, 7) is 0. The number of thiol groups is 1. The monoisotopic (exact) mass is 193 g/mol. The first kappa shape index (κ1) is 8.69. The van der Waals surface area contributed by atoms with E-state index in [0.29, 0.717) is 5.62 Å². The number of carbonyl (C=O) groups is 1. The van der Waals surface area contributed by atoms with Gasteiger partial charge in [-0.05, 0) is 11.6 Å². The molecule has 0 atom stereocenters. The molecule has 0 aromatic carbocycles. The molecule has 0 spiro atoms. The van der Waals surface area contributed by atoms with Crippen LogP contribution in [-0.4, -0.2) is 9.53 Å². The molecule has 0 saturated heterocycles. The first-order valence-electron chi connectivity index (χ1n) is 1.48.